The van der Waals surface area contributed by atoms with Gasteiger partial charge in [0.1, 0.15) is 17.6 Å². The maximum absolute atomic E-state index is 11.5. The summed E-state index contributed by atoms with van der Waals surface area (Å²) in [6, 6.07) is 26.1. The number of carbonyl (C=O) groups excluding carboxylic acids is 1. The van der Waals surface area contributed by atoms with E-state index >= 15 is 0 Å². The largest absolute Gasteiger partial charge is 0.457 e. The summed E-state index contributed by atoms with van der Waals surface area (Å²) in [5, 5.41) is 9.25. The van der Waals surface area contributed by atoms with Crippen LogP contribution in [0.5, 0.6) is 11.5 Å². The molecule has 0 aliphatic rings. The molecule has 3 aromatic carbocycles. The lowest BCUT2D eigenvalue weighted by atomic mass is 10.00. The molecule has 0 saturated heterocycles. The van der Waals surface area contributed by atoms with Gasteiger partial charge in [-0.3, -0.25) is 4.79 Å². The minimum atomic E-state index is -0.867. The van der Waals surface area contributed by atoms with Crippen LogP contribution in [0.15, 0.2) is 78.9 Å². The molecule has 0 aromatic heterocycles. The second kappa shape index (κ2) is 9.15. The number of benzene rings is 3. The molecule has 3 rings (SSSR count). The molecular formula is C24H24O3. The number of rotatable bonds is 8. The molecule has 0 fully saturated rings. The van der Waals surface area contributed by atoms with E-state index in [2.05, 4.69) is 30.3 Å². The molecule has 27 heavy (non-hydrogen) atoms. The summed E-state index contributed by atoms with van der Waals surface area (Å²) in [6.07, 6.45) is 1.11. The van der Waals surface area contributed by atoms with Crippen LogP contribution in [0.2, 0.25) is 0 Å². The number of ether oxygens (including phenoxy) is 1. The third-order valence-corrected chi connectivity index (χ3v) is 4.48. The van der Waals surface area contributed by atoms with Crippen LogP contribution in [-0.2, 0) is 11.2 Å². The number of ketones is 1. The number of aryl methyl sites for hydroxylation is 1. The van der Waals surface area contributed by atoms with Gasteiger partial charge in [-0.25, -0.2) is 0 Å². The van der Waals surface area contributed by atoms with E-state index < -0.39 is 6.10 Å². The van der Waals surface area contributed by atoms with E-state index in [0.29, 0.717) is 6.42 Å². The molecule has 1 unspecified atom stereocenters. The van der Waals surface area contributed by atoms with E-state index in [1.54, 1.807) is 0 Å². The summed E-state index contributed by atoms with van der Waals surface area (Å²) in [4.78, 5) is 11.5. The third kappa shape index (κ3) is 5.28. The highest BCUT2D eigenvalue weighted by molar-refractivity contribution is 5.82. The molecule has 0 aliphatic heterocycles. The van der Waals surface area contributed by atoms with Crippen molar-refractivity contribution in [1.29, 1.82) is 0 Å². The van der Waals surface area contributed by atoms with Gasteiger partial charge in [-0.1, -0.05) is 60.7 Å². The first-order valence-electron chi connectivity index (χ1n) is 9.25. The molecule has 0 radical (unpaired) electrons. The number of hydrogen-bond acceptors (Lipinski definition) is 3. The highest BCUT2D eigenvalue weighted by Gasteiger charge is 2.09. The number of aliphatic hydroxyl groups excluding tert-OH is 1. The summed E-state index contributed by atoms with van der Waals surface area (Å²) in [5.41, 5.74) is 3.31. The lowest BCUT2D eigenvalue weighted by Crippen LogP contribution is -2.15. The minimum absolute atomic E-state index is 0.0985. The van der Waals surface area contributed by atoms with Crippen molar-refractivity contribution in [1.82, 2.24) is 0 Å². The summed E-state index contributed by atoms with van der Waals surface area (Å²) < 4.78 is 6.05. The first kappa shape index (κ1) is 18.9. The fourth-order valence-electron chi connectivity index (χ4n) is 2.94. The molecule has 138 valence electrons. The molecule has 3 nitrogen and oxygen atoms in total. The first-order valence-corrected chi connectivity index (χ1v) is 9.25. The van der Waals surface area contributed by atoms with Gasteiger partial charge in [0, 0.05) is 12.0 Å². The Kier molecular flexibility index (Phi) is 6.39. The Bertz CT molecular complexity index is 868. The van der Waals surface area contributed by atoms with E-state index in [1.807, 2.05) is 48.5 Å². The molecule has 1 N–H and O–H groups in total. The maximum Gasteiger partial charge on any atom is 0.160 e. The van der Waals surface area contributed by atoms with E-state index in [9.17, 15) is 9.90 Å². The molecule has 0 saturated carbocycles. The molecule has 0 amide bonds. The van der Waals surface area contributed by atoms with Gasteiger partial charge in [-0.15, -0.1) is 0 Å². The van der Waals surface area contributed by atoms with Gasteiger partial charge < -0.3 is 9.84 Å². The molecular weight excluding hydrogens is 336 g/mol. The van der Waals surface area contributed by atoms with Gasteiger partial charge in [0.25, 0.3) is 0 Å². The Balaban J connectivity index is 1.69. The van der Waals surface area contributed by atoms with Crippen LogP contribution in [0.25, 0.3) is 11.1 Å². The monoisotopic (exact) mass is 360 g/mol. The van der Waals surface area contributed by atoms with Crippen LogP contribution in [0.3, 0.4) is 0 Å². The van der Waals surface area contributed by atoms with Crippen LogP contribution in [0, 0.1) is 0 Å². The van der Waals surface area contributed by atoms with Crippen molar-refractivity contribution in [2.45, 2.75) is 32.3 Å². The lowest BCUT2D eigenvalue weighted by Gasteiger charge is -2.12. The van der Waals surface area contributed by atoms with Crippen molar-refractivity contribution in [2.24, 2.45) is 0 Å². The zero-order chi connectivity index (χ0) is 19.1. The SMILES string of the molecule is CC(O)C(=O)CCCc1ccc(-c2ccccc2Oc2ccccc2)cc1. The number of hydrogen-bond donors (Lipinski definition) is 1. The smallest absolute Gasteiger partial charge is 0.160 e. The van der Waals surface area contributed by atoms with Gasteiger partial charge >= 0.3 is 0 Å². The van der Waals surface area contributed by atoms with Crippen molar-refractivity contribution >= 4 is 5.78 Å². The zero-order valence-corrected chi connectivity index (χ0v) is 15.5. The number of aliphatic hydroxyl groups is 1. The van der Waals surface area contributed by atoms with Gasteiger partial charge in [0.15, 0.2) is 5.78 Å². The molecule has 3 aromatic rings. The van der Waals surface area contributed by atoms with Crippen molar-refractivity contribution in [3.63, 3.8) is 0 Å². The Morgan fingerprint density at radius 3 is 2.30 bits per heavy atom. The Morgan fingerprint density at radius 1 is 0.926 bits per heavy atom. The summed E-state index contributed by atoms with van der Waals surface area (Å²) in [7, 11) is 0. The van der Waals surface area contributed by atoms with E-state index in [1.165, 1.54) is 12.5 Å². The van der Waals surface area contributed by atoms with Crippen molar-refractivity contribution in [2.75, 3.05) is 0 Å². The highest BCUT2D eigenvalue weighted by atomic mass is 16.5. The van der Waals surface area contributed by atoms with Gasteiger partial charge in [0.2, 0.25) is 0 Å². The van der Waals surface area contributed by atoms with Crippen LogP contribution in [0.1, 0.15) is 25.3 Å². The highest BCUT2D eigenvalue weighted by Crippen LogP contribution is 2.33. The van der Waals surface area contributed by atoms with Gasteiger partial charge in [-0.2, -0.15) is 0 Å². The number of para-hydroxylation sites is 2. The minimum Gasteiger partial charge on any atom is -0.457 e. The Labute approximate surface area is 160 Å². The standard InChI is InChI=1S/C24H24O3/c1-18(25)23(26)12-7-8-19-14-16-20(17-15-19)22-11-5-6-13-24(22)27-21-9-3-2-4-10-21/h2-6,9-11,13-18,25H,7-8,12H2,1H3. The predicted molar refractivity (Wildman–Crippen MR) is 108 cm³/mol. The van der Waals surface area contributed by atoms with Crippen molar-refractivity contribution in [3.05, 3.63) is 84.4 Å². The summed E-state index contributed by atoms with van der Waals surface area (Å²) in [6.45, 7) is 1.52. The number of Topliss-reactive ketones (excluding diaryl/α,β-unsaturated/α-hetero) is 1. The summed E-state index contributed by atoms with van der Waals surface area (Å²) in [5.74, 6) is 1.53. The molecule has 0 bridgehead atoms. The fourth-order valence-corrected chi connectivity index (χ4v) is 2.94. The third-order valence-electron chi connectivity index (χ3n) is 4.48. The van der Waals surface area contributed by atoms with Gasteiger partial charge in [-0.05, 0) is 49.1 Å². The average molecular weight is 360 g/mol. The quantitative estimate of drug-likeness (QED) is 0.583. The molecule has 1 atom stereocenters. The van der Waals surface area contributed by atoms with Crippen LogP contribution < -0.4 is 4.74 Å². The van der Waals surface area contributed by atoms with E-state index in [0.717, 1.165) is 35.5 Å². The topological polar surface area (TPSA) is 46.5 Å². The van der Waals surface area contributed by atoms with Crippen molar-refractivity contribution in [3.8, 4) is 22.6 Å². The molecule has 0 heterocycles. The van der Waals surface area contributed by atoms with Crippen LogP contribution in [0.4, 0.5) is 0 Å². The molecule has 0 spiro atoms. The molecule has 3 heteroatoms. The molecule has 0 aliphatic carbocycles. The maximum atomic E-state index is 11.5. The van der Waals surface area contributed by atoms with E-state index in [-0.39, 0.29) is 5.78 Å². The second-order valence-electron chi connectivity index (χ2n) is 6.60. The zero-order valence-electron chi connectivity index (χ0n) is 15.5. The fraction of sp³-hybridized carbons (Fsp3) is 0.208. The van der Waals surface area contributed by atoms with E-state index in [4.69, 9.17) is 4.74 Å². The number of carbonyl (C=O) groups is 1. The van der Waals surface area contributed by atoms with Crippen molar-refractivity contribution < 1.29 is 14.6 Å². The predicted octanol–water partition coefficient (Wildman–Crippen LogP) is 5.42. The van der Waals surface area contributed by atoms with Gasteiger partial charge in [0.05, 0.1) is 0 Å². The lowest BCUT2D eigenvalue weighted by molar-refractivity contribution is -0.126. The second-order valence-corrected chi connectivity index (χ2v) is 6.60. The first-order chi connectivity index (χ1) is 13.1. The Morgan fingerprint density at radius 2 is 1.59 bits per heavy atom. The van der Waals surface area contributed by atoms with Crippen LogP contribution in [-0.4, -0.2) is 17.0 Å². The average Bonchev–Trinajstić information content (AvgIpc) is 2.70. The van der Waals surface area contributed by atoms with Crippen LogP contribution >= 0.6 is 0 Å². The Hall–Kier alpha value is -2.91. The normalized spacial score (nSPS) is 11.8. The summed E-state index contributed by atoms with van der Waals surface area (Å²) >= 11 is 0.